The molecular formula is C24H21NO8. The molecule has 7 N–H and O–H groups in total. The molecule has 33 heavy (non-hydrogen) atoms. The van der Waals surface area contributed by atoms with E-state index in [1.54, 1.807) is 19.1 Å². The topological polar surface area (TPSA) is 178 Å². The molecule has 0 radical (unpaired) electrons. The van der Waals surface area contributed by atoms with E-state index in [-0.39, 0.29) is 16.9 Å². The molecule has 1 aromatic rings. The molecule has 0 heterocycles. The maximum atomic E-state index is 13.5. The quantitative estimate of drug-likeness (QED) is 0.279. The zero-order valence-electron chi connectivity index (χ0n) is 17.4. The number of phenols is 1. The van der Waals surface area contributed by atoms with Crippen molar-refractivity contribution in [2.45, 2.75) is 31.0 Å². The molecule has 1 aromatic carbocycles. The molecule has 0 saturated heterocycles. The second kappa shape index (κ2) is 7.33. The number of hydrogen-bond donors (Lipinski definition) is 6. The van der Waals surface area contributed by atoms with Gasteiger partial charge in [-0.25, -0.2) is 0 Å². The monoisotopic (exact) mass is 451 g/mol. The Balaban J connectivity index is 2.00. The van der Waals surface area contributed by atoms with Crippen molar-refractivity contribution in [1.29, 1.82) is 0 Å². The summed E-state index contributed by atoms with van der Waals surface area (Å²) in [6.07, 6.45) is 5.78. The highest BCUT2D eigenvalue weighted by Crippen LogP contribution is 2.55. The van der Waals surface area contributed by atoms with Gasteiger partial charge in [0.25, 0.3) is 5.91 Å². The number of fused-ring (bicyclic) bond motifs is 3. The zero-order valence-corrected chi connectivity index (χ0v) is 17.4. The molecule has 3 aliphatic carbocycles. The van der Waals surface area contributed by atoms with E-state index in [1.165, 1.54) is 12.2 Å². The molecule has 0 unspecified atom stereocenters. The second-order valence-corrected chi connectivity index (χ2v) is 8.45. The van der Waals surface area contributed by atoms with Crippen LogP contribution in [0.4, 0.5) is 0 Å². The molecule has 4 rings (SSSR count). The first-order valence-corrected chi connectivity index (χ1v) is 10.1. The number of aliphatic hydroxyl groups is 4. The van der Waals surface area contributed by atoms with Gasteiger partial charge in [0.05, 0.1) is 11.7 Å². The number of rotatable bonds is 2. The van der Waals surface area contributed by atoms with Crippen molar-refractivity contribution in [3.8, 4) is 18.1 Å². The lowest BCUT2D eigenvalue weighted by molar-refractivity contribution is -0.160. The fourth-order valence-corrected chi connectivity index (χ4v) is 5.29. The van der Waals surface area contributed by atoms with Crippen molar-refractivity contribution >= 4 is 29.3 Å². The molecule has 1 saturated carbocycles. The molecule has 0 aromatic heterocycles. The molecule has 0 spiro atoms. The van der Waals surface area contributed by atoms with E-state index in [0.29, 0.717) is 5.56 Å². The largest absolute Gasteiger partial charge is 0.508 e. The van der Waals surface area contributed by atoms with Crippen LogP contribution in [0.2, 0.25) is 0 Å². The van der Waals surface area contributed by atoms with Crippen LogP contribution in [0, 0.1) is 24.2 Å². The number of ketones is 2. The number of amides is 1. The Labute approximate surface area is 188 Å². The number of nitrogens with two attached hydrogens (primary N) is 1. The Morgan fingerprint density at radius 3 is 2.55 bits per heavy atom. The number of aromatic hydroxyl groups is 1. The van der Waals surface area contributed by atoms with Gasteiger partial charge in [-0.05, 0) is 23.6 Å². The van der Waals surface area contributed by atoms with E-state index in [1.807, 2.05) is 0 Å². The number of hydrogen-bond acceptors (Lipinski definition) is 8. The van der Waals surface area contributed by atoms with Crippen LogP contribution in [0.25, 0.3) is 11.8 Å². The van der Waals surface area contributed by atoms with Gasteiger partial charge >= 0.3 is 0 Å². The average Bonchev–Trinajstić information content (AvgIpc) is 2.75. The molecule has 0 bridgehead atoms. The Morgan fingerprint density at radius 2 is 1.94 bits per heavy atom. The van der Waals surface area contributed by atoms with Gasteiger partial charge in [0.15, 0.2) is 11.4 Å². The van der Waals surface area contributed by atoms with Crippen LogP contribution in [-0.4, -0.2) is 54.7 Å². The summed E-state index contributed by atoms with van der Waals surface area (Å²) in [6.45, 7) is 1.66. The third kappa shape index (κ3) is 2.78. The summed E-state index contributed by atoms with van der Waals surface area (Å²) in [7, 11) is 0. The lowest BCUT2D eigenvalue weighted by Gasteiger charge is -2.50. The molecule has 0 aliphatic heterocycles. The van der Waals surface area contributed by atoms with Crippen molar-refractivity contribution in [3.63, 3.8) is 0 Å². The van der Waals surface area contributed by atoms with Crippen LogP contribution in [0.5, 0.6) is 5.75 Å². The van der Waals surface area contributed by atoms with Crippen LogP contribution in [0.15, 0.2) is 35.1 Å². The summed E-state index contributed by atoms with van der Waals surface area (Å²) in [5.41, 5.74) is 1.53. The highest BCUT2D eigenvalue weighted by atomic mass is 16.4. The van der Waals surface area contributed by atoms with Gasteiger partial charge in [0, 0.05) is 29.4 Å². The van der Waals surface area contributed by atoms with Gasteiger partial charge < -0.3 is 31.3 Å². The first-order valence-electron chi connectivity index (χ1n) is 10.1. The number of phenolic OH excluding ortho intramolecular Hbond substituents is 1. The first kappa shape index (κ1) is 22.3. The van der Waals surface area contributed by atoms with Gasteiger partial charge in [0.1, 0.15) is 22.8 Å². The maximum Gasteiger partial charge on any atom is 0.255 e. The van der Waals surface area contributed by atoms with Gasteiger partial charge in [-0.3, -0.25) is 14.4 Å². The van der Waals surface area contributed by atoms with E-state index >= 15 is 0 Å². The third-order valence-corrected chi connectivity index (χ3v) is 6.89. The summed E-state index contributed by atoms with van der Waals surface area (Å²) in [6, 6.07) is 3.16. The van der Waals surface area contributed by atoms with E-state index < -0.39 is 76.0 Å². The van der Waals surface area contributed by atoms with Gasteiger partial charge in [-0.15, -0.1) is 6.42 Å². The molecule has 9 nitrogen and oxygen atoms in total. The summed E-state index contributed by atoms with van der Waals surface area (Å²) >= 11 is 0. The number of primary amides is 1. The summed E-state index contributed by atoms with van der Waals surface area (Å²) in [5.74, 6) is -6.65. The predicted molar refractivity (Wildman–Crippen MR) is 115 cm³/mol. The Kier molecular flexibility index (Phi) is 4.96. The van der Waals surface area contributed by atoms with Crippen molar-refractivity contribution in [3.05, 3.63) is 51.8 Å². The Bertz CT molecular complexity index is 1260. The second-order valence-electron chi connectivity index (χ2n) is 8.45. The Hall–Kier alpha value is -3.87. The number of carbonyl (C=O) groups excluding carboxylic acids is 3. The van der Waals surface area contributed by atoms with Crippen LogP contribution < -0.4 is 5.73 Å². The zero-order chi connectivity index (χ0) is 24.4. The third-order valence-electron chi connectivity index (χ3n) is 6.89. The molecule has 1 amide bonds. The number of Topliss-reactive ketones (excluding diaryl/α,β-unsaturated/α-hetero) is 2. The number of benzene rings is 1. The Morgan fingerprint density at radius 1 is 1.27 bits per heavy atom. The lowest BCUT2D eigenvalue weighted by atomic mass is 9.55. The van der Waals surface area contributed by atoms with Crippen molar-refractivity contribution in [2.75, 3.05) is 0 Å². The summed E-state index contributed by atoms with van der Waals surface area (Å²) in [4.78, 5) is 37.6. The van der Waals surface area contributed by atoms with E-state index in [9.17, 15) is 39.9 Å². The maximum absolute atomic E-state index is 13.5. The number of terminal acetylenes is 1. The van der Waals surface area contributed by atoms with Crippen LogP contribution in [0.1, 0.15) is 36.0 Å². The van der Waals surface area contributed by atoms with E-state index in [2.05, 4.69) is 5.92 Å². The highest BCUT2D eigenvalue weighted by Gasteiger charge is 2.64. The smallest absolute Gasteiger partial charge is 0.255 e. The van der Waals surface area contributed by atoms with Gasteiger partial charge in [0.2, 0.25) is 5.78 Å². The molecule has 170 valence electrons. The molecule has 3 aliphatic rings. The number of allylic oxidation sites excluding steroid dienone is 1. The molecular weight excluding hydrogens is 430 g/mol. The van der Waals surface area contributed by atoms with Crippen molar-refractivity contribution in [1.82, 2.24) is 0 Å². The van der Waals surface area contributed by atoms with Crippen LogP contribution in [-0.2, 0) is 14.4 Å². The molecule has 5 atom stereocenters. The minimum absolute atomic E-state index is 0.0824. The number of aliphatic hydroxyl groups excluding tert-OH is 3. The summed E-state index contributed by atoms with van der Waals surface area (Å²) in [5, 5.41) is 54.8. The first-order chi connectivity index (χ1) is 15.5. The standard InChI is InChI=1S/C24H21NO8/c1-3-4-5-10-6-7-11-9(2)14-17(20(29)15(11)18(10)27)22(31)24(33)12(19(14)28)8-13(26)16(21(24)30)23(25)32/h1,4-7,9,12,14,19,27-30,33H,8H2,2H3,(H2,25,32)/b5-4+/t9-,12+,14+,19+,24+/m0/s1. The molecule has 9 heteroatoms. The number of carbonyl (C=O) groups is 3. The van der Waals surface area contributed by atoms with Gasteiger partial charge in [-0.2, -0.15) is 0 Å². The fourth-order valence-electron chi connectivity index (χ4n) is 5.29. The van der Waals surface area contributed by atoms with Gasteiger partial charge in [-0.1, -0.05) is 25.0 Å². The predicted octanol–water partition coefficient (Wildman–Crippen LogP) is 0.602. The van der Waals surface area contributed by atoms with Crippen molar-refractivity contribution < 1.29 is 39.9 Å². The highest BCUT2D eigenvalue weighted by molar-refractivity contribution is 6.23. The van der Waals surface area contributed by atoms with E-state index in [0.717, 1.165) is 0 Å². The van der Waals surface area contributed by atoms with E-state index in [4.69, 9.17) is 12.2 Å². The van der Waals surface area contributed by atoms with Crippen LogP contribution in [0.3, 0.4) is 0 Å². The fraction of sp³-hybridized carbons (Fsp3) is 0.292. The summed E-state index contributed by atoms with van der Waals surface area (Å²) < 4.78 is 0. The average molecular weight is 451 g/mol. The SMILES string of the molecule is C#C/C=C/c1ccc2c(c1O)C(O)=C1C(=O)[C@]3(O)C(O)=C(C(N)=O)C(=O)C[C@@H]3[C@@H](O)[C@@H]1[C@H]2C. The minimum atomic E-state index is -2.86. The minimum Gasteiger partial charge on any atom is -0.508 e. The lowest BCUT2D eigenvalue weighted by Crippen LogP contribution is -2.63. The van der Waals surface area contributed by atoms with Crippen molar-refractivity contribution in [2.24, 2.45) is 17.6 Å². The molecule has 1 fully saturated rings. The normalized spacial score (nSPS) is 31.2. The van der Waals surface area contributed by atoms with Crippen LogP contribution >= 0.6 is 0 Å².